The Balaban J connectivity index is 1.91. The number of rotatable bonds is 7. The van der Waals surface area contributed by atoms with E-state index in [0.717, 1.165) is 18.8 Å². The molecule has 2 N–H and O–H groups in total. The first-order valence-electron chi connectivity index (χ1n) is 8.90. The third-order valence-electron chi connectivity index (χ3n) is 4.96. The molecule has 0 saturated heterocycles. The van der Waals surface area contributed by atoms with Gasteiger partial charge in [0, 0.05) is 12.0 Å². The van der Waals surface area contributed by atoms with Gasteiger partial charge in [0.05, 0.1) is 6.61 Å². The van der Waals surface area contributed by atoms with Gasteiger partial charge in [0.2, 0.25) is 0 Å². The number of aliphatic hydroxyl groups excluding tert-OH is 1. The average Bonchev–Trinajstić information content (AvgIpc) is 3.08. The summed E-state index contributed by atoms with van der Waals surface area (Å²) in [6, 6.07) is 0. The predicted molar refractivity (Wildman–Crippen MR) is 87.7 cm³/mol. The Morgan fingerprint density at radius 3 is 2.09 bits per heavy atom. The van der Waals surface area contributed by atoms with Crippen LogP contribution in [0, 0.1) is 17.3 Å². The molecule has 1 atom stereocenters. The molecule has 0 spiro atoms. The van der Waals surface area contributed by atoms with Crippen molar-refractivity contribution in [2.45, 2.75) is 77.7 Å². The zero-order chi connectivity index (χ0) is 16.2. The van der Waals surface area contributed by atoms with Crippen LogP contribution in [-0.4, -0.2) is 30.0 Å². The number of alkyl carbamates (subject to hydrolysis) is 1. The van der Waals surface area contributed by atoms with Gasteiger partial charge in [-0.05, 0) is 45.4 Å². The fourth-order valence-corrected chi connectivity index (χ4v) is 3.75. The van der Waals surface area contributed by atoms with Crippen LogP contribution in [0.4, 0.5) is 4.79 Å². The van der Waals surface area contributed by atoms with Crippen molar-refractivity contribution in [3.8, 4) is 0 Å². The minimum Gasteiger partial charge on any atom is -0.444 e. The van der Waals surface area contributed by atoms with E-state index in [-0.39, 0.29) is 18.1 Å². The van der Waals surface area contributed by atoms with Crippen LogP contribution in [0.15, 0.2) is 0 Å². The molecule has 0 bridgehead atoms. The molecule has 1 unspecified atom stereocenters. The maximum atomic E-state index is 11.9. The normalized spacial score (nSPS) is 22.4. The number of hydrogen-bond acceptors (Lipinski definition) is 3. The van der Waals surface area contributed by atoms with E-state index in [0.29, 0.717) is 12.5 Å². The molecule has 2 fully saturated rings. The molecule has 22 heavy (non-hydrogen) atoms. The fraction of sp³-hybridized carbons (Fsp3) is 0.944. The second-order valence-electron chi connectivity index (χ2n) is 8.52. The number of nitrogens with one attached hydrogen (secondary N) is 1. The summed E-state index contributed by atoms with van der Waals surface area (Å²) < 4.78 is 5.34. The van der Waals surface area contributed by atoms with E-state index in [4.69, 9.17) is 4.74 Å². The highest BCUT2D eigenvalue weighted by molar-refractivity contribution is 5.67. The standard InChI is InChI=1S/C18H33NO3/c1-17(2,3)22-16(21)19-12-18(13-20,11-15-8-9-15)10-14-6-4-5-7-14/h14-15,20H,4-13H2,1-3H3,(H,19,21). The molecule has 4 nitrogen and oxygen atoms in total. The summed E-state index contributed by atoms with van der Waals surface area (Å²) in [5, 5.41) is 13.0. The van der Waals surface area contributed by atoms with Gasteiger partial charge >= 0.3 is 6.09 Å². The molecule has 2 saturated carbocycles. The topological polar surface area (TPSA) is 58.6 Å². The van der Waals surface area contributed by atoms with Gasteiger partial charge in [-0.25, -0.2) is 4.79 Å². The predicted octanol–water partition coefficient (Wildman–Crippen LogP) is 3.87. The summed E-state index contributed by atoms with van der Waals surface area (Å²) in [6.45, 7) is 6.30. The Morgan fingerprint density at radius 2 is 1.64 bits per heavy atom. The summed E-state index contributed by atoms with van der Waals surface area (Å²) in [6.07, 6.45) is 9.44. The highest BCUT2D eigenvalue weighted by Gasteiger charge is 2.39. The molecular formula is C18H33NO3. The number of carbonyl (C=O) groups is 1. The first-order chi connectivity index (χ1) is 10.3. The second-order valence-corrected chi connectivity index (χ2v) is 8.52. The molecule has 4 heteroatoms. The zero-order valence-corrected chi connectivity index (χ0v) is 14.5. The lowest BCUT2D eigenvalue weighted by Gasteiger charge is -2.35. The molecular weight excluding hydrogens is 278 g/mol. The maximum Gasteiger partial charge on any atom is 0.407 e. The fourth-order valence-electron chi connectivity index (χ4n) is 3.75. The lowest BCUT2D eigenvalue weighted by molar-refractivity contribution is 0.0407. The van der Waals surface area contributed by atoms with Gasteiger partial charge < -0.3 is 15.2 Å². The van der Waals surface area contributed by atoms with E-state index < -0.39 is 5.60 Å². The third-order valence-corrected chi connectivity index (χ3v) is 4.96. The molecule has 2 rings (SSSR count). The van der Waals surface area contributed by atoms with Gasteiger partial charge in [-0.3, -0.25) is 0 Å². The van der Waals surface area contributed by atoms with Gasteiger partial charge in [0.1, 0.15) is 5.60 Å². The molecule has 0 aromatic heterocycles. The van der Waals surface area contributed by atoms with Crippen LogP contribution < -0.4 is 5.32 Å². The van der Waals surface area contributed by atoms with Gasteiger partial charge in [-0.1, -0.05) is 38.5 Å². The van der Waals surface area contributed by atoms with Crippen LogP contribution in [-0.2, 0) is 4.74 Å². The van der Waals surface area contributed by atoms with E-state index in [9.17, 15) is 9.90 Å². The molecule has 0 aliphatic heterocycles. The van der Waals surface area contributed by atoms with Crippen molar-refractivity contribution >= 4 is 6.09 Å². The van der Waals surface area contributed by atoms with Crippen LogP contribution in [0.1, 0.15) is 72.1 Å². The largest absolute Gasteiger partial charge is 0.444 e. The quantitative estimate of drug-likeness (QED) is 0.750. The Morgan fingerprint density at radius 1 is 1.09 bits per heavy atom. The van der Waals surface area contributed by atoms with Gasteiger partial charge in [-0.15, -0.1) is 0 Å². The van der Waals surface area contributed by atoms with Crippen LogP contribution >= 0.6 is 0 Å². The number of carbonyl (C=O) groups excluding carboxylic acids is 1. The van der Waals surface area contributed by atoms with Crippen molar-refractivity contribution in [1.82, 2.24) is 5.32 Å². The van der Waals surface area contributed by atoms with Crippen LogP contribution in [0.5, 0.6) is 0 Å². The maximum absolute atomic E-state index is 11.9. The van der Waals surface area contributed by atoms with Crippen molar-refractivity contribution in [2.75, 3.05) is 13.2 Å². The molecule has 1 amide bonds. The summed E-state index contributed by atoms with van der Waals surface area (Å²) in [5.74, 6) is 1.46. The monoisotopic (exact) mass is 311 g/mol. The Bertz CT molecular complexity index is 367. The number of aliphatic hydroxyl groups is 1. The van der Waals surface area contributed by atoms with Crippen molar-refractivity contribution < 1.29 is 14.6 Å². The van der Waals surface area contributed by atoms with Crippen LogP contribution in [0.3, 0.4) is 0 Å². The lowest BCUT2D eigenvalue weighted by atomic mass is 9.75. The van der Waals surface area contributed by atoms with E-state index in [1.165, 1.54) is 38.5 Å². The Labute approximate surface area is 135 Å². The molecule has 2 aliphatic carbocycles. The van der Waals surface area contributed by atoms with E-state index in [1.54, 1.807) is 0 Å². The third kappa shape index (κ3) is 5.79. The Hall–Kier alpha value is -0.770. The minimum atomic E-state index is -0.478. The molecule has 0 radical (unpaired) electrons. The van der Waals surface area contributed by atoms with Crippen LogP contribution in [0.2, 0.25) is 0 Å². The molecule has 0 aromatic carbocycles. The van der Waals surface area contributed by atoms with E-state index in [1.807, 2.05) is 20.8 Å². The SMILES string of the molecule is CC(C)(C)OC(=O)NCC(CO)(CC1CCCC1)CC1CC1. The van der Waals surface area contributed by atoms with Crippen molar-refractivity contribution in [1.29, 1.82) is 0 Å². The first kappa shape index (κ1) is 17.6. The molecule has 0 aromatic rings. The van der Waals surface area contributed by atoms with Gasteiger partial charge in [0.15, 0.2) is 0 Å². The average molecular weight is 311 g/mol. The highest BCUT2D eigenvalue weighted by atomic mass is 16.6. The minimum absolute atomic E-state index is 0.160. The Kier molecular flexibility index (Phi) is 5.76. The van der Waals surface area contributed by atoms with E-state index in [2.05, 4.69) is 5.32 Å². The summed E-state index contributed by atoms with van der Waals surface area (Å²) in [5.41, 5.74) is -0.638. The summed E-state index contributed by atoms with van der Waals surface area (Å²) in [4.78, 5) is 11.9. The zero-order valence-electron chi connectivity index (χ0n) is 14.5. The van der Waals surface area contributed by atoms with Crippen molar-refractivity contribution in [3.63, 3.8) is 0 Å². The second kappa shape index (κ2) is 7.20. The van der Waals surface area contributed by atoms with Crippen molar-refractivity contribution in [3.05, 3.63) is 0 Å². The highest BCUT2D eigenvalue weighted by Crippen LogP contribution is 2.45. The lowest BCUT2D eigenvalue weighted by Crippen LogP contribution is -2.43. The van der Waals surface area contributed by atoms with Gasteiger partial charge in [0.25, 0.3) is 0 Å². The van der Waals surface area contributed by atoms with Crippen LogP contribution in [0.25, 0.3) is 0 Å². The molecule has 2 aliphatic rings. The number of ether oxygens (including phenoxy) is 1. The first-order valence-corrected chi connectivity index (χ1v) is 8.90. The van der Waals surface area contributed by atoms with Crippen molar-refractivity contribution in [2.24, 2.45) is 17.3 Å². The van der Waals surface area contributed by atoms with Gasteiger partial charge in [-0.2, -0.15) is 0 Å². The summed E-state index contributed by atoms with van der Waals surface area (Å²) >= 11 is 0. The van der Waals surface area contributed by atoms with E-state index >= 15 is 0 Å². The smallest absolute Gasteiger partial charge is 0.407 e. The number of hydrogen-bond donors (Lipinski definition) is 2. The molecule has 128 valence electrons. The summed E-state index contributed by atoms with van der Waals surface area (Å²) in [7, 11) is 0. The number of amides is 1. The molecule has 0 heterocycles.